The standard InChI is InChI=1S/C16H22N4O2/c1-5-9-17-15(22)13-18-12(14(21)19-16(2,3)4)11-8-6-7-10-20(11)13/h6-8,10H,5,9H2,1-4H3,(H,17,22)(H,19,21). The summed E-state index contributed by atoms with van der Waals surface area (Å²) in [5, 5.41) is 5.66. The number of imidazole rings is 1. The van der Waals surface area contributed by atoms with Crippen LogP contribution >= 0.6 is 0 Å². The van der Waals surface area contributed by atoms with Gasteiger partial charge in [0, 0.05) is 18.3 Å². The molecule has 0 unspecified atom stereocenters. The van der Waals surface area contributed by atoms with Crippen LogP contribution in [0, 0.1) is 0 Å². The first-order chi connectivity index (χ1) is 10.3. The van der Waals surface area contributed by atoms with Gasteiger partial charge in [-0.25, -0.2) is 4.98 Å². The zero-order chi connectivity index (χ0) is 16.3. The highest BCUT2D eigenvalue weighted by Crippen LogP contribution is 2.14. The van der Waals surface area contributed by atoms with Gasteiger partial charge < -0.3 is 10.6 Å². The summed E-state index contributed by atoms with van der Waals surface area (Å²) < 4.78 is 1.64. The van der Waals surface area contributed by atoms with E-state index in [9.17, 15) is 9.59 Å². The summed E-state index contributed by atoms with van der Waals surface area (Å²) in [5.41, 5.74) is 0.509. The highest BCUT2D eigenvalue weighted by Gasteiger charge is 2.23. The predicted molar refractivity (Wildman–Crippen MR) is 85.0 cm³/mol. The topological polar surface area (TPSA) is 75.5 Å². The van der Waals surface area contributed by atoms with Gasteiger partial charge in [0.05, 0.1) is 5.52 Å². The highest BCUT2D eigenvalue weighted by molar-refractivity contribution is 6.02. The molecule has 0 aliphatic rings. The molecule has 2 aromatic rings. The number of hydrogen-bond acceptors (Lipinski definition) is 3. The molecule has 2 rings (SSSR count). The van der Waals surface area contributed by atoms with Gasteiger partial charge in [-0.3, -0.25) is 14.0 Å². The molecule has 118 valence electrons. The van der Waals surface area contributed by atoms with Gasteiger partial charge in [0.25, 0.3) is 11.8 Å². The molecule has 2 heterocycles. The summed E-state index contributed by atoms with van der Waals surface area (Å²) in [4.78, 5) is 28.9. The van der Waals surface area contributed by atoms with Crippen molar-refractivity contribution < 1.29 is 9.59 Å². The molecule has 0 fully saturated rings. The average Bonchev–Trinajstić information content (AvgIpc) is 2.82. The molecule has 2 aromatic heterocycles. The van der Waals surface area contributed by atoms with Crippen LogP contribution in [0.1, 0.15) is 55.2 Å². The summed E-state index contributed by atoms with van der Waals surface area (Å²) in [6.07, 6.45) is 2.57. The lowest BCUT2D eigenvalue weighted by molar-refractivity contribution is 0.0916. The van der Waals surface area contributed by atoms with E-state index >= 15 is 0 Å². The van der Waals surface area contributed by atoms with Crippen molar-refractivity contribution in [1.29, 1.82) is 0 Å². The van der Waals surface area contributed by atoms with Crippen molar-refractivity contribution in [2.75, 3.05) is 6.54 Å². The van der Waals surface area contributed by atoms with Gasteiger partial charge in [0.15, 0.2) is 5.69 Å². The predicted octanol–water partition coefficient (Wildman–Crippen LogP) is 2.00. The number of amides is 2. The molecule has 0 aromatic carbocycles. The van der Waals surface area contributed by atoms with Gasteiger partial charge in [0.2, 0.25) is 5.82 Å². The maximum absolute atomic E-state index is 12.4. The minimum Gasteiger partial charge on any atom is -0.349 e. The quantitative estimate of drug-likeness (QED) is 0.907. The number of nitrogens with one attached hydrogen (secondary N) is 2. The molecule has 0 aliphatic heterocycles. The van der Waals surface area contributed by atoms with Crippen molar-refractivity contribution in [2.24, 2.45) is 0 Å². The lowest BCUT2D eigenvalue weighted by Gasteiger charge is -2.19. The second kappa shape index (κ2) is 6.17. The Kier molecular flexibility index (Phi) is 4.49. The molecular weight excluding hydrogens is 280 g/mol. The smallest absolute Gasteiger partial charge is 0.287 e. The molecule has 6 nitrogen and oxygen atoms in total. The number of fused-ring (bicyclic) bond motifs is 1. The van der Waals surface area contributed by atoms with Crippen LogP contribution in [0.2, 0.25) is 0 Å². The fourth-order valence-corrected chi connectivity index (χ4v) is 2.08. The Morgan fingerprint density at radius 1 is 1.23 bits per heavy atom. The zero-order valence-corrected chi connectivity index (χ0v) is 13.4. The number of hydrogen-bond donors (Lipinski definition) is 2. The number of aromatic nitrogens is 2. The molecule has 0 bridgehead atoms. The van der Waals surface area contributed by atoms with Crippen molar-refractivity contribution in [2.45, 2.75) is 39.7 Å². The maximum Gasteiger partial charge on any atom is 0.287 e. The first-order valence-corrected chi connectivity index (χ1v) is 7.41. The molecule has 2 N–H and O–H groups in total. The SMILES string of the molecule is CCCNC(=O)c1nc(C(=O)NC(C)(C)C)c2ccccn12. The summed E-state index contributed by atoms with van der Waals surface area (Å²) >= 11 is 0. The second-order valence-electron chi connectivity index (χ2n) is 6.20. The van der Waals surface area contributed by atoms with Crippen LogP contribution in [0.15, 0.2) is 24.4 Å². The molecule has 0 atom stereocenters. The molecule has 2 amide bonds. The average molecular weight is 302 g/mol. The highest BCUT2D eigenvalue weighted by atomic mass is 16.2. The van der Waals surface area contributed by atoms with Crippen LogP contribution < -0.4 is 10.6 Å². The van der Waals surface area contributed by atoms with Gasteiger partial charge in [-0.2, -0.15) is 0 Å². The van der Waals surface area contributed by atoms with Crippen LogP contribution in [0.3, 0.4) is 0 Å². The Bertz CT molecular complexity index is 698. The van der Waals surface area contributed by atoms with E-state index in [-0.39, 0.29) is 28.9 Å². The van der Waals surface area contributed by atoms with E-state index in [0.29, 0.717) is 12.1 Å². The minimum atomic E-state index is -0.369. The van der Waals surface area contributed by atoms with Crippen LogP contribution in [0.25, 0.3) is 5.52 Å². The van der Waals surface area contributed by atoms with Crippen molar-refractivity contribution in [3.8, 4) is 0 Å². The number of nitrogens with zero attached hydrogens (tertiary/aromatic N) is 2. The third-order valence-electron chi connectivity index (χ3n) is 2.99. The summed E-state index contributed by atoms with van der Waals surface area (Å²) in [6.45, 7) is 8.25. The van der Waals surface area contributed by atoms with Crippen molar-refractivity contribution in [3.63, 3.8) is 0 Å². The number of carbonyl (C=O) groups excluding carboxylic acids is 2. The third-order valence-corrected chi connectivity index (χ3v) is 2.99. The fraction of sp³-hybridized carbons (Fsp3) is 0.438. The molecule has 0 aliphatic carbocycles. The van der Waals surface area contributed by atoms with Crippen LogP contribution in [0.5, 0.6) is 0 Å². The van der Waals surface area contributed by atoms with Gasteiger partial charge in [-0.15, -0.1) is 0 Å². The zero-order valence-electron chi connectivity index (χ0n) is 13.4. The number of rotatable bonds is 4. The fourth-order valence-electron chi connectivity index (χ4n) is 2.08. The van der Waals surface area contributed by atoms with E-state index in [1.165, 1.54) is 0 Å². The summed E-state index contributed by atoms with van der Waals surface area (Å²) in [7, 11) is 0. The van der Waals surface area contributed by atoms with E-state index < -0.39 is 0 Å². The van der Waals surface area contributed by atoms with Gasteiger partial charge in [0.1, 0.15) is 0 Å². The van der Waals surface area contributed by atoms with Gasteiger partial charge in [-0.1, -0.05) is 13.0 Å². The van der Waals surface area contributed by atoms with E-state index in [1.807, 2.05) is 33.8 Å². The van der Waals surface area contributed by atoms with Gasteiger partial charge >= 0.3 is 0 Å². The van der Waals surface area contributed by atoms with E-state index in [4.69, 9.17) is 0 Å². The van der Waals surface area contributed by atoms with Crippen molar-refractivity contribution in [3.05, 3.63) is 35.9 Å². The lowest BCUT2D eigenvalue weighted by atomic mass is 10.1. The Morgan fingerprint density at radius 3 is 2.59 bits per heavy atom. The third kappa shape index (κ3) is 3.44. The Labute approximate surface area is 129 Å². The van der Waals surface area contributed by atoms with Crippen LogP contribution in [-0.2, 0) is 0 Å². The second-order valence-corrected chi connectivity index (χ2v) is 6.20. The van der Waals surface area contributed by atoms with E-state index in [2.05, 4.69) is 15.6 Å². The van der Waals surface area contributed by atoms with Crippen LogP contribution in [-0.4, -0.2) is 33.3 Å². The molecule has 0 saturated heterocycles. The maximum atomic E-state index is 12.4. The molecule has 6 heteroatoms. The largest absolute Gasteiger partial charge is 0.349 e. The molecule has 0 spiro atoms. The molecular formula is C16H22N4O2. The number of carbonyl (C=O) groups is 2. The van der Waals surface area contributed by atoms with E-state index in [0.717, 1.165) is 6.42 Å². The molecule has 22 heavy (non-hydrogen) atoms. The monoisotopic (exact) mass is 302 g/mol. The Balaban J connectivity index is 2.44. The molecule has 0 radical (unpaired) electrons. The normalized spacial score (nSPS) is 11.5. The minimum absolute atomic E-state index is 0.225. The van der Waals surface area contributed by atoms with Gasteiger partial charge in [-0.05, 0) is 39.3 Å². The van der Waals surface area contributed by atoms with Crippen LogP contribution in [0.4, 0.5) is 0 Å². The van der Waals surface area contributed by atoms with Crippen molar-refractivity contribution >= 4 is 17.3 Å². The first-order valence-electron chi connectivity index (χ1n) is 7.41. The number of pyridine rings is 1. The lowest BCUT2D eigenvalue weighted by Crippen LogP contribution is -2.40. The summed E-state index contributed by atoms with van der Waals surface area (Å²) in [6, 6.07) is 5.40. The first kappa shape index (κ1) is 16.0. The summed E-state index contributed by atoms with van der Waals surface area (Å²) in [5.74, 6) is -0.341. The Morgan fingerprint density at radius 2 is 1.95 bits per heavy atom. The molecule has 0 saturated carbocycles. The Hall–Kier alpha value is -2.37. The van der Waals surface area contributed by atoms with Crippen molar-refractivity contribution in [1.82, 2.24) is 20.0 Å². The van der Waals surface area contributed by atoms with E-state index in [1.54, 1.807) is 22.7 Å².